The number of hydrogen-bond acceptors (Lipinski definition) is 3. The van der Waals surface area contributed by atoms with Gasteiger partial charge in [-0.25, -0.2) is 8.78 Å². The maximum Gasteiger partial charge on any atom is 0.237 e. The minimum atomic E-state index is -0.627. The first kappa shape index (κ1) is 21.8. The number of rotatable bonds is 7. The molecular weight excluding hydrogens is 324 g/mol. The Kier molecular flexibility index (Phi) is 9.27. The molecule has 0 aliphatic carbocycles. The summed E-state index contributed by atoms with van der Waals surface area (Å²) in [5.74, 6) is -1.51. The Morgan fingerprint density at radius 1 is 1.30 bits per heavy atom. The van der Waals surface area contributed by atoms with Gasteiger partial charge in [0.05, 0.1) is 12.1 Å². The third-order valence-corrected chi connectivity index (χ3v) is 3.99. The first-order valence-corrected chi connectivity index (χ1v) is 7.43. The number of nitrogens with one attached hydrogen (secondary N) is 1. The van der Waals surface area contributed by atoms with Crippen molar-refractivity contribution in [3.63, 3.8) is 0 Å². The Bertz CT molecular complexity index is 494. The molecule has 1 amide bonds. The quantitative estimate of drug-likeness (QED) is 0.795. The zero-order chi connectivity index (χ0) is 16.9. The lowest BCUT2D eigenvalue weighted by Crippen LogP contribution is -2.47. The van der Waals surface area contributed by atoms with Gasteiger partial charge in [0.1, 0.15) is 11.6 Å². The summed E-state index contributed by atoms with van der Waals surface area (Å²) in [5.41, 5.74) is 5.81. The largest absolute Gasteiger partial charge is 0.353 e. The van der Waals surface area contributed by atoms with Gasteiger partial charge in [-0.1, -0.05) is 26.3 Å². The van der Waals surface area contributed by atoms with Crippen LogP contribution in [-0.2, 0) is 4.79 Å². The molecule has 4 nitrogen and oxygen atoms in total. The summed E-state index contributed by atoms with van der Waals surface area (Å²) in [4.78, 5) is 13.7. The summed E-state index contributed by atoms with van der Waals surface area (Å²) in [6.45, 7) is 3.94. The zero-order valence-corrected chi connectivity index (χ0v) is 14.8. The van der Waals surface area contributed by atoms with Crippen LogP contribution >= 0.6 is 12.4 Å². The maximum atomic E-state index is 13.9. The second-order valence-electron chi connectivity index (χ2n) is 5.77. The Hall–Kier alpha value is -1.24. The minimum Gasteiger partial charge on any atom is -0.353 e. The van der Waals surface area contributed by atoms with Gasteiger partial charge in [-0.2, -0.15) is 0 Å². The van der Waals surface area contributed by atoms with E-state index in [-0.39, 0.29) is 36.3 Å². The predicted octanol–water partition coefficient (Wildman–Crippen LogP) is 2.48. The van der Waals surface area contributed by atoms with Crippen LogP contribution in [0.4, 0.5) is 8.78 Å². The van der Waals surface area contributed by atoms with Crippen molar-refractivity contribution < 1.29 is 13.6 Å². The number of amides is 1. The number of halogens is 3. The van der Waals surface area contributed by atoms with E-state index < -0.39 is 23.7 Å². The van der Waals surface area contributed by atoms with E-state index in [1.54, 1.807) is 19.0 Å². The molecule has 7 heteroatoms. The summed E-state index contributed by atoms with van der Waals surface area (Å²) >= 11 is 0. The zero-order valence-electron chi connectivity index (χ0n) is 14.0. The van der Waals surface area contributed by atoms with Gasteiger partial charge in [-0.05, 0) is 32.1 Å². The smallest absolute Gasteiger partial charge is 0.237 e. The van der Waals surface area contributed by atoms with E-state index in [1.807, 2.05) is 13.8 Å². The van der Waals surface area contributed by atoms with Crippen LogP contribution in [-0.4, -0.2) is 37.5 Å². The molecular formula is C16H26ClF2N3O. The molecule has 0 heterocycles. The highest BCUT2D eigenvalue weighted by molar-refractivity contribution is 5.85. The lowest BCUT2D eigenvalue weighted by molar-refractivity contribution is -0.123. The van der Waals surface area contributed by atoms with Gasteiger partial charge < -0.3 is 16.0 Å². The van der Waals surface area contributed by atoms with Gasteiger partial charge in [0, 0.05) is 12.1 Å². The van der Waals surface area contributed by atoms with Crippen LogP contribution in [0.5, 0.6) is 0 Å². The Morgan fingerprint density at radius 3 is 2.26 bits per heavy atom. The normalized spacial score (nSPS) is 14.8. The summed E-state index contributed by atoms with van der Waals surface area (Å²) in [6.07, 6.45) is 0.785. The van der Waals surface area contributed by atoms with Crippen LogP contribution in [0.1, 0.15) is 31.9 Å². The molecule has 0 bridgehead atoms. The summed E-state index contributed by atoms with van der Waals surface area (Å²) in [6, 6.07) is 2.51. The van der Waals surface area contributed by atoms with E-state index in [9.17, 15) is 13.6 Å². The predicted molar refractivity (Wildman–Crippen MR) is 90.5 cm³/mol. The fourth-order valence-electron chi connectivity index (χ4n) is 2.20. The molecule has 1 aromatic carbocycles. The van der Waals surface area contributed by atoms with Gasteiger partial charge in [0.25, 0.3) is 0 Å². The van der Waals surface area contributed by atoms with Gasteiger partial charge in [-0.3, -0.25) is 4.79 Å². The molecule has 3 N–H and O–H groups in total. The van der Waals surface area contributed by atoms with E-state index in [0.717, 1.165) is 6.42 Å². The van der Waals surface area contributed by atoms with Crippen LogP contribution in [0.25, 0.3) is 0 Å². The molecule has 1 rings (SSSR count). The molecule has 0 saturated carbocycles. The van der Waals surface area contributed by atoms with Crippen molar-refractivity contribution in [3.8, 4) is 0 Å². The number of likely N-dealkylation sites (N-methyl/N-ethyl adjacent to an activating group) is 1. The molecule has 0 aliphatic rings. The van der Waals surface area contributed by atoms with Crippen molar-refractivity contribution >= 4 is 18.3 Å². The fourth-order valence-corrected chi connectivity index (χ4v) is 2.20. The fraction of sp³-hybridized carbons (Fsp3) is 0.562. The van der Waals surface area contributed by atoms with Crippen LogP contribution in [0.15, 0.2) is 18.2 Å². The molecule has 0 aromatic heterocycles. The molecule has 23 heavy (non-hydrogen) atoms. The molecule has 0 spiro atoms. The third kappa shape index (κ3) is 5.71. The standard InChI is InChI=1S/C16H25F2N3O.ClH/c1-5-10(2)15(19)16(22)20-9-13(21(3)4)14-11(17)7-6-8-12(14)18;/h6-8,10,13,15H,5,9,19H2,1-4H3,(H,20,22);1H. The van der Waals surface area contributed by atoms with E-state index in [4.69, 9.17) is 5.73 Å². The Morgan fingerprint density at radius 2 is 1.83 bits per heavy atom. The molecule has 0 aliphatic heterocycles. The summed E-state index contributed by atoms with van der Waals surface area (Å²) in [5, 5.41) is 2.69. The maximum absolute atomic E-state index is 13.9. The summed E-state index contributed by atoms with van der Waals surface area (Å²) in [7, 11) is 3.41. The van der Waals surface area contributed by atoms with Crippen LogP contribution in [0.2, 0.25) is 0 Å². The molecule has 0 fully saturated rings. The number of carbonyl (C=O) groups is 1. The van der Waals surface area contributed by atoms with Crippen molar-refractivity contribution in [2.75, 3.05) is 20.6 Å². The second-order valence-corrected chi connectivity index (χ2v) is 5.77. The van der Waals surface area contributed by atoms with Crippen LogP contribution in [0, 0.1) is 17.6 Å². The highest BCUT2D eigenvalue weighted by Crippen LogP contribution is 2.24. The summed E-state index contributed by atoms with van der Waals surface area (Å²) < 4.78 is 27.8. The highest BCUT2D eigenvalue weighted by Gasteiger charge is 2.25. The van der Waals surface area contributed by atoms with Gasteiger partial charge >= 0.3 is 0 Å². The molecule has 3 unspecified atom stereocenters. The number of hydrogen-bond donors (Lipinski definition) is 2. The van der Waals surface area contributed by atoms with Gasteiger partial charge in [0.15, 0.2) is 0 Å². The molecule has 3 atom stereocenters. The van der Waals surface area contributed by atoms with E-state index >= 15 is 0 Å². The average molecular weight is 350 g/mol. The monoisotopic (exact) mass is 349 g/mol. The van der Waals surface area contributed by atoms with Crippen molar-refractivity contribution in [3.05, 3.63) is 35.4 Å². The van der Waals surface area contributed by atoms with E-state index in [2.05, 4.69) is 5.32 Å². The first-order valence-electron chi connectivity index (χ1n) is 7.43. The van der Waals surface area contributed by atoms with E-state index in [1.165, 1.54) is 18.2 Å². The molecule has 1 aromatic rings. The first-order chi connectivity index (χ1) is 10.3. The molecule has 132 valence electrons. The lowest BCUT2D eigenvalue weighted by atomic mass is 9.99. The lowest BCUT2D eigenvalue weighted by Gasteiger charge is -2.27. The van der Waals surface area contributed by atoms with Gasteiger partial charge in [0.2, 0.25) is 5.91 Å². The van der Waals surface area contributed by atoms with Crippen molar-refractivity contribution in [2.24, 2.45) is 11.7 Å². The second kappa shape index (κ2) is 9.80. The molecule has 0 radical (unpaired) electrons. The number of carbonyl (C=O) groups excluding carboxylic acids is 1. The minimum absolute atomic E-state index is 0. The van der Waals surface area contributed by atoms with Crippen LogP contribution < -0.4 is 11.1 Å². The highest BCUT2D eigenvalue weighted by atomic mass is 35.5. The van der Waals surface area contributed by atoms with Crippen molar-refractivity contribution in [1.82, 2.24) is 10.2 Å². The topological polar surface area (TPSA) is 58.4 Å². The Balaban J connectivity index is 0.00000484. The van der Waals surface area contributed by atoms with Gasteiger partial charge in [-0.15, -0.1) is 12.4 Å². The number of benzene rings is 1. The third-order valence-electron chi connectivity index (χ3n) is 3.99. The SMILES string of the molecule is CCC(C)C(N)C(=O)NCC(c1c(F)cccc1F)N(C)C.Cl. The Labute approximate surface area is 142 Å². The van der Waals surface area contributed by atoms with Crippen molar-refractivity contribution in [2.45, 2.75) is 32.4 Å². The molecule has 0 saturated heterocycles. The average Bonchev–Trinajstić information content (AvgIpc) is 2.47. The van der Waals surface area contributed by atoms with E-state index in [0.29, 0.717) is 0 Å². The van der Waals surface area contributed by atoms with Crippen molar-refractivity contribution in [1.29, 1.82) is 0 Å². The van der Waals surface area contributed by atoms with Crippen LogP contribution in [0.3, 0.4) is 0 Å². The number of nitrogens with two attached hydrogens (primary N) is 1. The number of nitrogens with zero attached hydrogens (tertiary/aromatic N) is 1.